The van der Waals surface area contributed by atoms with Crippen LogP contribution in [0, 0.1) is 0 Å². The molecule has 2 atom stereocenters. The first-order chi connectivity index (χ1) is 12.7. The van der Waals surface area contributed by atoms with Crippen LogP contribution in [0.25, 0.3) is 11.6 Å². The summed E-state index contributed by atoms with van der Waals surface area (Å²) in [4.78, 5) is 14.6. The molecular formula is C23H23NO2. The van der Waals surface area contributed by atoms with Crippen molar-refractivity contribution in [2.45, 2.75) is 38.0 Å². The van der Waals surface area contributed by atoms with E-state index in [1.54, 1.807) is 0 Å². The van der Waals surface area contributed by atoms with Gasteiger partial charge >= 0.3 is 6.09 Å². The number of amides is 1. The zero-order valence-corrected chi connectivity index (χ0v) is 14.8. The van der Waals surface area contributed by atoms with Crippen molar-refractivity contribution >= 4 is 17.7 Å². The normalized spacial score (nSPS) is 21.2. The second-order valence-corrected chi connectivity index (χ2v) is 6.97. The minimum Gasteiger partial charge on any atom is -0.445 e. The molecule has 2 bridgehead atoms. The fraction of sp³-hybridized carbons (Fsp3) is 0.261. The summed E-state index contributed by atoms with van der Waals surface area (Å²) in [6.07, 6.45) is 6.85. The lowest BCUT2D eigenvalue weighted by Gasteiger charge is -2.33. The summed E-state index contributed by atoms with van der Waals surface area (Å²) < 4.78 is 5.57. The summed E-state index contributed by atoms with van der Waals surface area (Å²) in [5, 5.41) is 0. The number of nitrogens with zero attached hydrogens (tertiary/aromatic N) is 1. The second-order valence-electron chi connectivity index (χ2n) is 6.97. The predicted octanol–water partition coefficient (Wildman–Crippen LogP) is 5.29. The van der Waals surface area contributed by atoms with E-state index in [0.717, 1.165) is 30.4 Å². The van der Waals surface area contributed by atoms with Gasteiger partial charge in [-0.25, -0.2) is 4.79 Å². The third-order valence-electron chi connectivity index (χ3n) is 5.30. The monoisotopic (exact) mass is 345 g/mol. The Balaban J connectivity index is 1.47. The number of benzene rings is 2. The van der Waals surface area contributed by atoms with Gasteiger partial charge in [0.25, 0.3) is 0 Å². The van der Waals surface area contributed by atoms with Gasteiger partial charge in [0, 0.05) is 6.04 Å². The Labute approximate surface area is 154 Å². The van der Waals surface area contributed by atoms with E-state index in [1.165, 1.54) is 11.1 Å². The predicted molar refractivity (Wildman–Crippen MR) is 104 cm³/mol. The van der Waals surface area contributed by atoms with Gasteiger partial charge < -0.3 is 4.74 Å². The van der Waals surface area contributed by atoms with Crippen LogP contribution < -0.4 is 0 Å². The highest BCUT2D eigenvalue weighted by Crippen LogP contribution is 2.39. The van der Waals surface area contributed by atoms with E-state index in [-0.39, 0.29) is 18.2 Å². The van der Waals surface area contributed by atoms with E-state index < -0.39 is 0 Å². The maximum Gasteiger partial charge on any atom is 0.410 e. The van der Waals surface area contributed by atoms with Crippen molar-refractivity contribution in [3.05, 3.63) is 83.9 Å². The molecule has 2 aliphatic rings. The molecule has 2 aliphatic heterocycles. The van der Waals surface area contributed by atoms with Gasteiger partial charge in [0.1, 0.15) is 6.61 Å². The van der Waals surface area contributed by atoms with Crippen molar-refractivity contribution < 1.29 is 9.53 Å². The molecular weight excluding hydrogens is 322 g/mol. The molecule has 0 spiro atoms. The Hall–Kier alpha value is -2.81. The van der Waals surface area contributed by atoms with Crippen molar-refractivity contribution in [3.8, 4) is 0 Å². The van der Waals surface area contributed by atoms with Crippen LogP contribution in [-0.4, -0.2) is 23.1 Å². The van der Waals surface area contributed by atoms with E-state index in [1.807, 2.05) is 41.3 Å². The number of hydrogen-bond acceptors (Lipinski definition) is 2. The van der Waals surface area contributed by atoms with Crippen LogP contribution in [0.2, 0.25) is 0 Å². The zero-order valence-electron chi connectivity index (χ0n) is 14.8. The fourth-order valence-electron chi connectivity index (χ4n) is 3.99. The Morgan fingerprint density at radius 1 is 1.15 bits per heavy atom. The van der Waals surface area contributed by atoms with Crippen molar-refractivity contribution in [1.29, 1.82) is 0 Å². The van der Waals surface area contributed by atoms with Gasteiger partial charge in [0.15, 0.2) is 0 Å². The summed E-state index contributed by atoms with van der Waals surface area (Å²) in [5.41, 5.74) is 4.70. The van der Waals surface area contributed by atoms with Gasteiger partial charge in [-0.3, -0.25) is 4.90 Å². The summed E-state index contributed by atoms with van der Waals surface area (Å²) >= 11 is 0. The van der Waals surface area contributed by atoms with E-state index >= 15 is 0 Å². The van der Waals surface area contributed by atoms with Crippen molar-refractivity contribution in [3.63, 3.8) is 0 Å². The van der Waals surface area contributed by atoms with Crippen LogP contribution in [0.15, 0.2) is 67.3 Å². The summed E-state index contributed by atoms with van der Waals surface area (Å²) in [6, 6.07) is 18.6. The molecule has 3 heteroatoms. The molecule has 4 rings (SSSR count). The van der Waals surface area contributed by atoms with Crippen LogP contribution in [-0.2, 0) is 11.3 Å². The third-order valence-corrected chi connectivity index (χ3v) is 5.30. The maximum atomic E-state index is 12.6. The van der Waals surface area contributed by atoms with Crippen molar-refractivity contribution in [2.75, 3.05) is 0 Å². The largest absolute Gasteiger partial charge is 0.445 e. The first-order valence-electron chi connectivity index (χ1n) is 9.17. The highest BCUT2D eigenvalue weighted by atomic mass is 16.6. The molecule has 26 heavy (non-hydrogen) atoms. The molecule has 0 aliphatic carbocycles. The number of hydrogen-bond donors (Lipinski definition) is 0. The molecule has 0 saturated carbocycles. The zero-order chi connectivity index (χ0) is 17.9. The molecule has 2 aromatic rings. The van der Waals surface area contributed by atoms with E-state index in [9.17, 15) is 4.79 Å². The Kier molecular flexibility index (Phi) is 4.61. The molecule has 132 valence electrons. The summed E-state index contributed by atoms with van der Waals surface area (Å²) in [5.74, 6) is 0. The SMILES string of the molecule is C=Cc1cccc(C2=CC3CCC(C2)N3C(=O)OCc2ccccc2)c1. The smallest absolute Gasteiger partial charge is 0.410 e. The van der Waals surface area contributed by atoms with E-state index in [4.69, 9.17) is 4.74 Å². The quantitative estimate of drug-likeness (QED) is 0.754. The summed E-state index contributed by atoms with van der Waals surface area (Å²) in [6.45, 7) is 4.18. The standard InChI is InChI=1S/C23H23NO2/c1-2-17-9-6-10-19(13-17)20-14-21-11-12-22(15-20)24(21)23(25)26-16-18-7-4-3-5-8-18/h2-10,13-14,21-22H,1,11-12,15-16H2. The van der Waals surface area contributed by atoms with Gasteiger partial charge in [0.2, 0.25) is 0 Å². The first kappa shape index (κ1) is 16.6. The molecule has 0 radical (unpaired) electrons. The number of ether oxygens (including phenoxy) is 1. The van der Waals surface area contributed by atoms with E-state index in [2.05, 4.69) is 36.9 Å². The minimum atomic E-state index is -0.198. The maximum absolute atomic E-state index is 12.6. The number of rotatable bonds is 4. The highest BCUT2D eigenvalue weighted by molar-refractivity contribution is 5.75. The van der Waals surface area contributed by atoms with Gasteiger partial charge in [-0.2, -0.15) is 0 Å². The fourth-order valence-corrected chi connectivity index (χ4v) is 3.99. The topological polar surface area (TPSA) is 29.5 Å². The Bertz CT molecular complexity index is 840. The lowest BCUT2D eigenvalue weighted by molar-refractivity contribution is 0.0832. The van der Waals surface area contributed by atoms with Crippen molar-refractivity contribution in [1.82, 2.24) is 4.90 Å². The Morgan fingerprint density at radius 2 is 2.00 bits per heavy atom. The van der Waals surface area contributed by atoms with Crippen molar-refractivity contribution in [2.24, 2.45) is 0 Å². The van der Waals surface area contributed by atoms with Gasteiger partial charge in [-0.05, 0) is 47.6 Å². The molecule has 1 fully saturated rings. The molecule has 1 amide bonds. The van der Waals surface area contributed by atoms with E-state index in [0.29, 0.717) is 6.61 Å². The molecule has 3 nitrogen and oxygen atoms in total. The Morgan fingerprint density at radius 3 is 2.77 bits per heavy atom. The first-order valence-corrected chi connectivity index (χ1v) is 9.17. The molecule has 2 heterocycles. The highest BCUT2D eigenvalue weighted by Gasteiger charge is 2.40. The van der Waals surface area contributed by atoms with Gasteiger partial charge in [-0.15, -0.1) is 0 Å². The molecule has 0 N–H and O–H groups in total. The number of carbonyl (C=O) groups excluding carboxylic acids is 1. The average molecular weight is 345 g/mol. The number of carbonyl (C=O) groups is 1. The molecule has 2 unspecified atom stereocenters. The number of fused-ring (bicyclic) bond motifs is 2. The minimum absolute atomic E-state index is 0.138. The van der Waals surface area contributed by atoms with Crippen LogP contribution in [0.4, 0.5) is 4.79 Å². The molecule has 0 aromatic heterocycles. The van der Waals surface area contributed by atoms with Gasteiger partial charge in [-0.1, -0.05) is 67.3 Å². The van der Waals surface area contributed by atoms with Crippen LogP contribution in [0.5, 0.6) is 0 Å². The lowest BCUT2D eigenvalue weighted by Crippen LogP contribution is -2.43. The lowest BCUT2D eigenvalue weighted by atomic mass is 9.94. The van der Waals surface area contributed by atoms with Gasteiger partial charge in [0.05, 0.1) is 6.04 Å². The second kappa shape index (κ2) is 7.20. The van der Waals surface area contributed by atoms with Crippen LogP contribution in [0.3, 0.4) is 0 Å². The summed E-state index contributed by atoms with van der Waals surface area (Å²) in [7, 11) is 0. The molecule has 1 saturated heterocycles. The molecule has 2 aromatic carbocycles. The van der Waals surface area contributed by atoms with Crippen LogP contribution in [0.1, 0.15) is 36.0 Å². The van der Waals surface area contributed by atoms with Crippen LogP contribution >= 0.6 is 0 Å². The third kappa shape index (κ3) is 3.30. The average Bonchev–Trinajstić information content (AvgIpc) is 2.96.